The van der Waals surface area contributed by atoms with E-state index in [0.29, 0.717) is 30.6 Å². The van der Waals surface area contributed by atoms with E-state index < -0.39 is 0 Å². The number of rotatable bonds is 10. The highest BCUT2D eigenvalue weighted by Gasteiger charge is 2.10. The van der Waals surface area contributed by atoms with Crippen LogP contribution in [0.2, 0.25) is 0 Å². The van der Waals surface area contributed by atoms with Crippen LogP contribution in [-0.2, 0) is 13.0 Å². The maximum atomic E-state index is 12.7. The molecule has 8 nitrogen and oxygen atoms in total. The van der Waals surface area contributed by atoms with Gasteiger partial charge in [0.05, 0.1) is 5.69 Å². The number of aromatic amines is 1. The molecule has 0 bridgehead atoms. The largest absolute Gasteiger partial charge is 0.384 e. The molecule has 0 saturated heterocycles. The van der Waals surface area contributed by atoms with Crippen LogP contribution in [0.15, 0.2) is 71.7 Å². The monoisotopic (exact) mass is 484 g/mol. The van der Waals surface area contributed by atoms with Crippen molar-refractivity contribution in [1.29, 1.82) is 5.41 Å². The first-order valence-corrected chi connectivity index (χ1v) is 12.0. The number of amides is 1. The zero-order valence-corrected chi connectivity index (χ0v) is 20.7. The number of amidine groups is 1. The third-order valence-corrected chi connectivity index (χ3v) is 6.22. The molecule has 1 amide bonds. The summed E-state index contributed by atoms with van der Waals surface area (Å²) in [6.07, 6.45) is 3.27. The summed E-state index contributed by atoms with van der Waals surface area (Å²) >= 11 is 0. The van der Waals surface area contributed by atoms with Gasteiger partial charge in [0.25, 0.3) is 11.5 Å². The Labute approximate surface area is 210 Å². The molecule has 4 aromatic rings. The van der Waals surface area contributed by atoms with Crippen molar-refractivity contribution in [2.75, 3.05) is 27.2 Å². The van der Waals surface area contributed by atoms with Crippen LogP contribution >= 0.6 is 0 Å². The van der Waals surface area contributed by atoms with Gasteiger partial charge in [0.15, 0.2) is 0 Å². The molecule has 0 unspecified atom stereocenters. The number of fused-ring (bicyclic) bond motifs is 1. The van der Waals surface area contributed by atoms with E-state index in [9.17, 15) is 9.59 Å². The van der Waals surface area contributed by atoms with Gasteiger partial charge < -0.3 is 25.5 Å². The quantitative estimate of drug-likeness (QED) is 0.204. The SMILES string of the molecule is CN(C)CCCn1c(-c2ccc(C(=O)NCCc3ccc4[nH]cc(C(=N)N)c4c3)cc2)cccc1=O. The van der Waals surface area contributed by atoms with Crippen molar-refractivity contribution in [3.63, 3.8) is 0 Å². The van der Waals surface area contributed by atoms with Gasteiger partial charge in [0, 0.05) is 47.4 Å². The summed E-state index contributed by atoms with van der Waals surface area (Å²) in [7, 11) is 4.03. The fourth-order valence-corrected chi connectivity index (χ4v) is 4.31. The summed E-state index contributed by atoms with van der Waals surface area (Å²) in [5, 5.41) is 11.6. The average molecular weight is 485 g/mol. The molecule has 0 aliphatic heterocycles. The first-order chi connectivity index (χ1) is 17.3. The molecule has 5 N–H and O–H groups in total. The van der Waals surface area contributed by atoms with E-state index >= 15 is 0 Å². The summed E-state index contributed by atoms with van der Waals surface area (Å²) < 4.78 is 1.79. The maximum Gasteiger partial charge on any atom is 0.251 e. The van der Waals surface area contributed by atoms with E-state index in [1.807, 2.05) is 50.5 Å². The van der Waals surface area contributed by atoms with Crippen LogP contribution in [0.5, 0.6) is 0 Å². The Kier molecular flexibility index (Phi) is 7.65. The first-order valence-electron chi connectivity index (χ1n) is 12.0. The normalized spacial score (nSPS) is 11.2. The lowest BCUT2D eigenvalue weighted by atomic mass is 10.1. The zero-order chi connectivity index (χ0) is 25.7. The van der Waals surface area contributed by atoms with E-state index in [-0.39, 0.29) is 17.3 Å². The highest BCUT2D eigenvalue weighted by molar-refractivity contribution is 6.07. The minimum absolute atomic E-state index is 0.0243. The van der Waals surface area contributed by atoms with E-state index in [0.717, 1.165) is 40.7 Å². The van der Waals surface area contributed by atoms with Gasteiger partial charge in [-0.05, 0) is 74.9 Å². The molecule has 2 aromatic heterocycles. The molecule has 0 aliphatic rings. The lowest BCUT2D eigenvalue weighted by molar-refractivity contribution is 0.0954. The number of hydrogen-bond donors (Lipinski definition) is 4. The van der Waals surface area contributed by atoms with Gasteiger partial charge >= 0.3 is 0 Å². The van der Waals surface area contributed by atoms with E-state index in [4.69, 9.17) is 11.1 Å². The Balaban J connectivity index is 1.39. The molecule has 36 heavy (non-hydrogen) atoms. The van der Waals surface area contributed by atoms with Gasteiger partial charge in [-0.25, -0.2) is 0 Å². The van der Waals surface area contributed by atoms with Gasteiger partial charge in [-0.1, -0.05) is 24.3 Å². The van der Waals surface area contributed by atoms with Gasteiger partial charge in [-0.15, -0.1) is 0 Å². The fourth-order valence-electron chi connectivity index (χ4n) is 4.31. The van der Waals surface area contributed by atoms with Crippen LogP contribution < -0.4 is 16.6 Å². The van der Waals surface area contributed by atoms with Crippen LogP contribution in [0.1, 0.15) is 27.9 Å². The summed E-state index contributed by atoms with van der Waals surface area (Å²) in [6.45, 7) is 2.02. The van der Waals surface area contributed by atoms with Gasteiger partial charge in [-0.2, -0.15) is 0 Å². The van der Waals surface area contributed by atoms with Crippen LogP contribution in [0.3, 0.4) is 0 Å². The second-order valence-electron chi connectivity index (χ2n) is 9.14. The first kappa shape index (κ1) is 24.9. The second kappa shape index (κ2) is 11.0. The second-order valence-corrected chi connectivity index (χ2v) is 9.14. The number of benzene rings is 2. The Morgan fingerprint density at radius 3 is 2.61 bits per heavy atom. The molecule has 4 rings (SSSR count). The minimum atomic E-state index is -0.148. The average Bonchev–Trinajstić information content (AvgIpc) is 3.28. The van der Waals surface area contributed by atoms with Crippen molar-refractivity contribution in [3.8, 4) is 11.3 Å². The van der Waals surface area contributed by atoms with Crippen molar-refractivity contribution < 1.29 is 4.79 Å². The predicted octanol–water partition coefficient (Wildman–Crippen LogP) is 3.20. The van der Waals surface area contributed by atoms with Gasteiger partial charge in [0.2, 0.25) is 0 Å². The third-order valence-electron chi connectivity index (χ3n) is 6.22. The molecule has 0 saturated carbocycles. The molecule has 0 fully saturated rings. The molecule has 0 spiro atoms. The van der Waals surface area contributed by atoms with Crippen LogP contribution in [0.25, 0.3) is 22.2 Å². The fraction of sp³-hybridized carbons (Fsp3) is 0.250. The number of nitrogens with two attached hydrogens (primary N) is 1. The number of carbonyl (C=O) groups is 1. The Morgan fingerprint density at radius 1 is 1.11 bits per heavy atom. The Bertz CT molecular complexity index is 1430. The zero-order valence-electron chi connectivity index (χ0n) is 20.7. The number of nitrogen functional groups attached to an aromatic ring is 1. The van der Waals surface area contributed by atoms with Crippen molar-refractivity contribution >= 4 is 22.6 Å². The summed E-state index contributed by atoms with van der Waals surface area (Å²) in [5.41, 5.74) is 10.6. The van der Waals surface area contributed by atoms with Gasteiger partial charge in [0.1, 0.15) is 5.84 Å². The summed E-state index contributed by atoms with van der Waals surface area (Å²) in [6, 6.07) is 18.6. The molecule has 2 heterocycles. The van der Waals surface area contributed by atoms with E-state index in [2.05, 4.69) is 15.2 Å². The molecule has 2 aromatic carbocycles. The smallest absolute Gasteiger partial charge is 0.251 e. The highest BCUT2D eigenvalue weighted by atomic mass is 16.1. The van der Waals surface area contributed by atoms with E-state index in [1.54, 1.807) is 35.0 Å². The molecule has 0 aliphatic carbocycles. The molecular weight excluding hydrogens is 452 g/mol. The van der Waals surface area contributed by atoms with Crippen LogP contribution in [-0.4, -0.2) is 53.4 Å². The van der Waals surface area contributed by atoms with Crippen molar-refractivity contribution in [3.05, 3.63) is 93.9 Å². The van der Waals surface area contributed by atoms with Crippen molar-refractivity contribution in [1.82, 2.24) is 19.8 Å². The summed E-state index contributed by atoms with van der Waals surface area (Å²) in [4.78, 5) is 30.4. The topological polar surface area (TPSA) is 120 Å². The molecule has 0 radical (unpaired) electrons. The number of pyridine rings is 1. The third kappa shape index (κ3) is 5.72. The number of nitrogens with one attached hydrogen (secondary N) is 3. The standard InChI is InChI=1S/C28H32N6O2/c1-33(2)15-4-16-34-25(5-3-6-26(34)35)20-8-10-21(11-9-20)28(36)31-14-13-19-7-12-24-22(17-19)23(18-32-24)27(29)30/h3,5-12,17-18,32H,4,13-16H2,1-2H3,(H3,29,30)(H,31,36). The van der Waals surface area contributed by atoms with Crippen molar-refractivity contribution in [2.24, 2.45) is 5.73 Å². The Hall–Kier alpha value is -4.17. The molecule has 8 heteroatoms. The number of H-pyrrole nitrogens is 1. The lowest BCUT2D eigenvalue weighted by Gasteiger charge is -2.15. The number of hydrogen-bond acceptors (Lipinski definition) is 4. The lowest BCUT2D eigenvalue weighted by Crippen LogP contribution is -2.25. The summed E-state index contributed by atoms with van der Waals surface area (Å²) in [5.74, 6) is -0.124. The van der Waals surface area contributed by atoms with Gasteiger partial charge in [-0.3, -0.25) is 15.0 Å². The predicted molar refractivity (Wildman–Crippen MR) is 145 cm³/mol. The number of aromatic nitrogens is 2. The number of carbonyl (C=O) groups excluding carboxylic acids is 1. The molecular formula is C28H32N6O2. The molecule has 0 atom stereocenters. The van der Waals surface area contributed by atoms with Crippen LogP contribution in [0.4, 0.5) is 0 Å². The van der Waals surface area contributed by atoms with Crippen LogP contribution in [0, 0.1) is 5.41 Å². The highest BCUT2D eigenvalue weighted by Crippen LogP contribution is 2.21. The molecule has 186 valence electrons. The van der Waals surface area contributed by atoms with E-state index in [1.165, 1.54) is 0 Å². The Morgan fingerprint density at radius 2 is 1.89 bits per heavy atom. The number of nitrogens with zero attached hydrogens (tertiary/aromatic N) is 2. The maximum absolute atomic E-state index is 12.7. The minimum Gasteiger partial charge on any atom is -0.384 e. The van der Waals surface area contributed by atoms with Crippen molar-refractivity contribution in [2.45, 2.75) is 19.4 Å².